The molecule has 10 heteroatoms. The topological polar surface area (TPSA) is 111 Å². The second-order valence-electron chi connectivity index (χ2n) is 7.59. The highest BCUT2D eigenvalue weighted by Gasteiger charge is 2.30. The Labute approximate surface area is 182 Å². The summed E-state index contributed by atoms with van der Waals surface area (Å²) in [6.07, 6.45) is 1.82. The molecule has 2 heterocycles. The van der Waals surface area contributed by atoms with Crippen molar-refractivity contribution in [2.24, 2.45) is 0 Å². The lowest BCUT2D eigenvalue weighted by molar-refractivity contribution is -0.121. The van der Waals surface area contributed by atoms with E-state index in [-0.39, 0.29) is 36.8 Å². The molecular weight excluding hydrogens is 422 g/mol. The van der Waals surface area contributed by atoms with Gasteiger partial charge in [0.15, 0.2) is 11.7 Å². The zero-order valence-corrected chi connectivity index (χ0v) is 18.9. The van der Waals surface area contributed by atoms with Crippen LogP contribution in [0.3, 0.4) is 0 Å². The van der Waals surface area contributed by atoms with Gasteiger partial charge in [0.2, 0.25) is 15.9 Å². The van der Waals surface area contributed by atoms with Crippen molar-refractivity contribution in [2.45, 2.75) is 38.9 Å². The first-order valence-electron chi connectivity index (χ1n) is 10.3. The zero-order chi connectivity index (χ0) is 22.4. The highest BCUT2D eigenvalue weighted by Crippen LogP contribution is 2.23. The van der Waals surface area contributed by atoms with Gasteiger partial charge in [0, 0.05) is 38.0 Å². The maximum Gasteiger partial charge on any atom is 0.220 e. The van der Waals surface area contributed by atoms with Gasteiger partial charge in [-0.05, 0) is 38.1 Å². The SMILES string of the molecule is COc1ccc(-c2cnc(CCC(=O)NCCS(=O)(=O)N3CC(C)OC(C)C3)o2)cc1. The number of carbonyl (C=O) groups is 1. The number of methoxy groups -OCH3 is 1. The number of nitrogens with one attached hydrogen (secondary N) is 1. The molecule has 1 aliphatic heterocycles. The standard InChI is InChI=1S/C21H29N3O6S/c1-15-13-24(14-16(2)29-15)31(26,27)11-10-22-20(25)8-9-21-23-12-19(30-21)17-4-6-18(28-3)7-5-17/h4-7,12,15-16H,8-11,13-14H2,1-3H3,(H,22,25). The van der Waals surface area contributed by atoms with Crippen molar-refractivity contribution in [1.82, 2.24) is 14.6 Å². The molecule has 1 aromatic carbocycles. The third-order valence-corrected chi connectivity index (χ3v) is 6.76. The van der Waals surface area contributed by atoms with Gasteiger partial charge in [-0.15, -0.1) is 0 Å². The highest BCUT2D eigenvalue weighted by molar-refractivity contribution is 7.89. The van der Waals surface area contributed by atoms with Crippen LogP contribution in [-0.4, -0.2) is 68.3 Å². The van der Waals surface area contributed by atoms with E-state index in [4.69, 9.17) is 13.9 Å². The summed E-state index contributed by atoms with van der Waals surface area (Å²) in [6.45, 7) is 4.43. The second kappa shape index (κ2) is 10.3. The molecule has 1 amide bonds. The fourth-order valence-corrected chi connectivity index (χ4v) is 4.92. The third kappa shape index (κ3) is 6.52. The molecule has 2 aromatic rings. The smallest absolute Gasteiger partial charge is 0.220 e. The second-order valence-corrected chi connectivity index (χ2v) is 9.68. The van der Waals surface area contributed by atoms with Crippen molar-refractivity contribution in [2.75, 3.05) is 32.5 Å². The molecule has 0 radical (unpaired) electrons. The van der Waals surface area contributed by atoms with E-state index in [0.717, 1.165) is 11.3 Å². The van der Waals surface area contributed by atoms with E-state index in [1.807, 2.05) is 38.1 Å². The van der Waals surface area contributed by atoms with Crippen molar-refractivity contribution < 1.29 is 27.1 Å². The number of hydrogen-bond donors (Lipinski definition) is 1. The van der Waals surface area contributed by atoms with E-state index >= 15 is 0 Å². The average Bonchev–Trinajstić information content (AvgIpc) is 3.20. The Morgan fingerprint density at radius 3 is 2.55 bits per heavy atom. The van der Waals surface area contributed by atoms with Gasteiger partial charge in [-0.3, -0.25) is 4.79 Å². The summed E-state index contributed by atoms with van der Waals surface area (Å²) in [4.78, 5) is 16.3. The third-order valence-electron chi connectivity index (χ3n) is 4.96. The van der Waals surface area contributed by atoms with Gasteiger partial charge in [-0.2, -0.15) is 4.31 Å². The monoisotopic (exact) mass is 451 g/mol. The quantitative estimate of drug-likeness (QED) is 0.619. The van der Waals surface area contributed by atoms with Crippen molar-refractivity contribution in [3.05, 3.63) is 36.4 Å². The largest absolute Gasteiger partial charge is 0.497 e. The molecule has 0 bridgehead atoms. The van der Waals surface area contributed by atoms with Crippen molar-refractivity contribution in [3.8, 4) is 17.1 Å². The normalized spacial score (nSPS) is 19.8. The van der Waals surface area contributed by atoms with Gasteiger partial charge in [0.1, 0.15) is 5.75 Å². The summed E-state index contributed by atoms with van der Waals surface area (Å²) in [5.41, 5.74) is 0.862. The highest BCUT2D eigenvalue weighted by atomic mass is 32.2. The summed E-state index contributed by atoms with van der Waals surface area (Å²) < 4.78 is 42.9. The number of amides is 1. The first-order chi connectivity index (χ1) is 14.8. The van der Waals surface area contributed by atoms with Crippen LogP contribution >= 0.6 is 0 Å². The Kier molecular flexibility index (Phi) is 7.69. The number of morpholine rings is 1. The van der Waals surface area contributed by atoms with Crippen LogP contribution in [0, 0.1) is 0 Å². The number of aryl methyl sites for hydroxylation is 1. The summed E-state index contributed by atoms with van der Waals surface area (Å²) >= 11 is 0. The number of aromatic nitrogens is 1. The molecule has 1 fully saturated rings. The Hall–Kier alpha value is -2.43. The molecular formula is C21H29N3O6S. The number of oxazole rings is 1. The van der Waals surface area contributed by atoms with E-state index in [1.54, 1.807) is 13.3 Å². The summed E-state index contributed by atoms with van der Waals surface area (Å²) in [5, 5.41) is 2.66. The number of sulfonamides is 1. The molecule has 9 nitrogen and oxygen atoms in total. The Morgan fingerprint density at radius 1 is 1.23 bits per heavy atom. The predicted molar refractivity (Wildman–Crippen MR) is 115 cm³/mol. The van der Waals surface area contributed by atoms with Gasteiger partial charge in [-0.1, -0.05) is 0 Å². The predicted octanol–water partition coefficient (Wildman–Crippen LogP) is 1.84. The lowest BCUT2D eigenvalue weighted by Crippen LogP contribution is -2.49. The average molecular weight is 452 g/mol. The van der Waals surface area contributed by atoms with Crippen LogP contribution in [0.15, 0.2) is 34.9 Å². The van der Waals surface area contributed by atoms with Crippen molar-refractivity contribution in [1.29, 1.82) is 0 Å². The molecule has 2 unspecified atom stereocenters. The molecule has 3 rings (SSSR count). The minimum absolute atomic E-state index is 0.0595. The fraction of sp³-hybridized carbons (Fsp3) is 0.524. The molecule has 1 aliphatic rings. The molecule has 2 atom stereocenters. The van der Waals surface area contributed by atoms with Gasteiger partial charge in [-0.25, -0.2) is 13.4 Å². The number of benzene rings is 1. The lowest BCUT2D eigenvalue weighted by atomic mass is 10.2. The van der Waals surface area contributed by atoms with Crippen molar-refractivity contribution in [3.63, 3.8) is 0 Å². The van der Waals surface area contributed by atoms with Gasteiger partial charge in [0.05, 0.1) is 31.3 Å². The fourth-order valence-electron chi connectivity index (χ4n) is 3.43. The Bertz CT molecular complexity index is 963. The minimum atomic E-state index is -3.45. The number of rotatable bonds is 9. The molecule has 1 N–H and O–H groups in total. The lowest BCUT2D eigenvalue weighted by Gasteiger charge is -2.34. The molecule has 1 saturated heterocycles. The number of ether oxygens (including phenoxy) is 2. The van der Waals surface area contributed by atoms with Crippen molar-refractivity contribution >= 4 is 15.9 Å². The minimum Gasteiger partial charge on any atom is -0.497 e. The number of hydrogen-bond acceptors (Lipinski definition) is 7. The molecule has 0 aliphatic carbocycles. The van der Waals surface area contributed by atoms with Gasteiger partial charge in [0.25, 0.3) is 0 Å². The van der Waals surface area contributed by atoms with E-state index in [1.165, 1.54) is 4.31 Å². The number of carbonyl (C=O) groups excluding carboxylic acids is 1. The molecule has 170 valence electrons. The molecule has 0 spiro atoms. The van der Waals surface area contributed by atoms with Gasteiger partial charge >= 0.3 is 0 Å². The zero-order valence-electron chi connectivity index (χ0n) is 18.0. The van der Waals surface area contributed by atoms with Crippen LogP contribution in [0.5, 0.6) is 5.75 Å². The first kappa shape index (κ1) is 23.2. The maximum absolute atomic E-state index is 12.5. The van der Waals surface area contributed by atoms with E-state index in [0.29, 0.717) is 31.2 Å². The van der Waals surface area contributed by atoms with Crippen LogP contribution < -0.4 is 10.1 Å². The number of nitrogens with zero attached hydrogens (tertiary/aromatic N) is 2. The van der Waals surface area contributed by atoms with Crippen LogP contribution in [-0.2, 0) is 26.0 Å². The Balaban J connectivity index is 1.43. The maximum atomic E-state index is 12.5. The van der Waals surface area contributed by atoms with Crippen LogP contribution in [0.1, 0.15) is 26.2 Å². The summed E-state index contributed by atoms with van der Waals surface area (Å²) in [5.74, 6) is 1.42. The first-order valence-corrected chi connectivity index (χ1v) is 11.9. The molecule has 1 aromatic heterocycles. The van der Waals surface area contributed by atoms with Gasteiger partial charge < -0.3 is 19.2 Å². The summed E-state index contributed by atoms with van der Waals surface area (Å²) in [7, 11) is -1.84. The molecule has 31 heavy (non-hydrogen) atoms. The summed E-state index contributed by atoms with van der Waals surface area (Å²) in [6, 6.07) is 7.40. The van der Waals surface area contributed by atoms with E-state index < -0.39 is 10.0 Å². The van der Waals surface area contributed by atoms with E-state index in [9.17, 15) is 13.2 Å². The van der Waals surface area contributed by atoms with Crippen LogP contribution in [0.2, 0.25) is 0 Å². The van der Waals surface area contributed by atoms with Crippen LogP contribution in [0.25, 0.3) is 11.3 Å². The van der Waals surface area contributed by atoms with E-state index in [2.05, 4.69) is 10.3 Å². The molecule has 0 saturated carbocycles. The Morgan fingerprint density at radius 2 is 1.90 bits per heavy atom. The van der Waals surface area contributed by atoms with Crippen LogP contribution in [0.4, 0.5) is 0 Å².